The average molecular weight is 417 g/mol. The fraction of sp³-hybridized carbons (Fsp3) is 0.300. The minimum atomic E-state index is -0.127. The molecule has 1 aliphatic heterocycles. The van der Waals surface area contributed by atoms with E-state index in [0.29, 0.717) is 31.7 Å². The third kappa shape index (κ3) is 4.43. The van der Waals surface area contributed by atoms with Gasteiger partial charge in [0, 0.05) is 41.2 Å². The third-order valence-electron chi connectivity index (χ3n) is 4.30. The lowest BCUT2D eigenvalue weighted by Gasteiger charge is -2.17. The molecule has 0 saturated carbocycles. The molecule has 3 rings (SSSR count). The Hall–Kier alpha value is -2.34. The second kappa shape index (κ2) is 8.36. The van der Waals surface area contributed by atoms with Gasteiger partial charge in [-0.05, 0) is 49.4 Å². The summed E-state index contributed by atoms with van der Waals surface area (Å²) in [7, 11) is 0. The zero-order valence-corrected chi connectivity index (χ0v) is 16.2. The number of nitrogens with one attached hydrogen (secondary N) is 1. The first kappa shape index (κ1) is 18.5. The van der Waals surface area contributed by atoms with Crippen LogP contribution in [0, 0.1) is 5.92 Å². The van der Waals surface area contributed by atoms with Gasteiger partial charge < -0.3 is 15.0 Å². The number of anilines is 1. The van der Waals surface area contributed by atoms with Gasteiger partial charge in [-0.1, -0.05) is 22.0 Å². The van der Waals surface area contributed by atoms with Crippen LogP contribution in [0.1, 0.15) is 23.7 Å². The summed E-state index contributed by atoms with van der Waals surface area (Å²) in [6.45, 7) is 3.63. The van der Waals surface area contributed by atoms with Crippen molar-refractivity contribution in [2.75, 3.05) is 24.6 Å². The number of hydrogen-bond acceptors (Lipinski definition) is 3. The second-order valence-corrected chi connectivity index (χ2v) is 7.14. The molecule has 1 atom stereocenters. The lowest BCUT2D eigenvalue weighted by Crippen LogP contribution is -2.31. The molecule has 1 aliphatic rings. The first-order valence-electron chi connectivity index (χ1n) is 8.64. The summed E-state index contributed by atoms with van der Waals surface area (Å²) in [5, 5.41) is 2.93. The van der Waals surface area contributed by atoms with Crippen molar-refractivity contribution in [3.05, 3.63) is 58.6 Å². The van der Waals surface area contributed by atoms with Crippen molar-refractivity contribution in [3.63, 3.8) is 0 Å². The van der Waals surface area contributed by atoms with Gasteiger partial charge in [-0.15, -0.1) is 0 Å². The van der Waals surface area contributed by atoms with Crippen molar-refractivity contribution in [3.8, 4) is 5.75 Å². The maximum absolute atomic E-state index is 12.3. The number of carbonyl (C=O) groups excluding carboxylic acids is 2. The van der Waals surface area contributed by atoms with Gasteiger partial charge in [-0.3, -0.25) is 9.59 Å². The maximum Gasteiger partial charge on any atom is 0.251 e. The summed E-state index contributed by atoms with van der Waals surface area (Å²) in [4.78, 5) is 26.3. The smallest absolute Gasteiger partial charge is 0.251 e. The van der Waals surface area contributed by atoms with Crippen molar-refractivity contribution >= 4 is 33.4 Å². The van der Waals surface area contributed by atoms with E-state index in [2.05, 4.69) is 21.2 Å². The molecule has 2 aromatic carbocycles. The van der Waals surface area contributed by atoms with E-state index in [1.165, 1.54) is 0 Å². The fourth-order valence-corrected chi connectivity index (χ4v) is 3.42. The summed E-state index contributed by atoms with van der Waals surface area (Å²) in [6.07, 6.45) is 0.436. The molecule has 0 bridgehead atoms. The van der Waals surface area contributed by atoms with Crippen LogP contribution >= 0.6 is 15.9 Å². The van der Waals surface area contributed by atoms with Crippen molar-refractivity contribution in [2.45, 2.75) is 13.3 Å². The number of halogens is 1. The molecule has 1 N–H and O–H groups in total. The van der Waals surface area contributed by atoms with E-state index in [1.807, 2.05) is 43.3 Å². The van der Waals surface area contributed by atoms with Gasteiger partial charge in [-0.25, -0.2) is 0 Å². The minimum Gasteiger partial charge on any atom is -0.494 e. The van der Waals surface area contributed by atoms with Crippen LogP contribution < -0.4 is 15.0 Å². The standard InChI is InChI=1S/C20H21BrN2O3/c1-2-26-18-8-6-17(7-9-18)23-13-14(10-19(23)24)12-22-20(25)15-4-3-5-16(21)11-15/h3-9,11,14H,2,10,12-13H2,1H3,(H,22,25). The van der Waals surface area contributed by atoms with Crippen LogP contribution in [0.2, 0.25) is 0 Å². The molecule has 136 valence electrons. The van der Waals surface area contributed by atoms with E-state index in [4.69, 9.17) is 4.74 Å². The molecular weight excluding hydrogens is 396 g/mol. The predicted octanol–water partition coefficient (Wildman–Crippen LogP) is 3.63. The summed E-state index contributed by atoms with van der Waals surface area (Å²) in [6, 6.07) is 14.8. The molecule has 1 heterocycles. The van der Waals surface area contributed by atoms with E-state index in [9.17, 15) is 9.59 Å². The van der Waals surface area contributed by atoms with Gasteiger partial charge in [0.15, 0.2) is 0 Å². The third-order valence-corrected chi connectivity index (χ3v) is 4.80. The average Bonchev–Trinajstić information content (AvgIpc) is 3.01. The van der Waals surface area contributed by atoms with Gasteiger partial charge in [-0.2, -0.15) is 0 Å². The molecule has 2 aromatic rings. The van der Waals surface area contributed by atoms with Gasteiger partial charge in [0.2, 0.25) is 5.91 Å². The Labute approximate surface area is 161 Å². The van der Waals surface area contributed by atoms with Crippen LogP contribution in [0.3, 0.4) is 0 Å². The fourth-order valence-electron chi connectivity index (χ4n) is 3.03. The molecule has 2 amide bonds. The van der Waals surface area contributed by atoms with Gasteiger partial charge >= 0.3 is 0 Å². The van der Waals surface area contributed by atoms with E-state index >= 15 is 0 Å². The molecule has 0 spiro atoms. The van der Waals surface area contributed by atoms with Crippen molar-refractivity contribution < 1.29 is 14.3 Å². The van der Waals surface area contributed by atoms with Crippen LogP contribution in [0.5, 0.6) is 5.75 Å². The number of ether oxygens (including phenoxy) is 1. The number of benzene rings is 2. The zero-order chi connectivity index (χ0) is 18.5. The van der Waals surface area contributed by atoms with E-state index in [0.717, 1.165) is 15.9 Å². The lowest BCUT2D eigenvalue weighted by molar-refractivity contribution is -0.117. The molecule has 5 nitrogen and oxygen atoms in total. The predicted molar refractivity (Wildman–Crippen MR) is 105 cm³/mol. The summed E-state index contributed by atoms with van der Waals surface area (Å²) in [5.74, 6) is 0.847. The van der Waals surface area contributed by atoms with Crippen molar-refractivity contribution in [1.82, 2.24) is 5.32 Å². The summed E-state index contributed by atoms with van der Waals surface area (Å²) < 4.78 is 6.30. The highest BCUT2D eigenvalue weighted by Crippen LogP contribution is 2.26. The number of carbonyl (C=O) groups is 2. The topological polar surface area (TPSA) is 58.6 Å². The summed E-state index contributed by atoms with van der Waals surface area (Å²) in [5.41, 5.74) is 1.46. The Bertz CT molecular complexity index is 792. The van der Waals surface area contributed by atoms with Gasteiger partial charge in [0.25, 0.3) is 5.91 Å². The molecule has 0 aromatic heterocycles. The molecule has 6 heteroatoms. The number of hydrogen-bond donors (Lipinski definition) is 1. The molecule has 1 saturated heterocycles. The SMILES string of the molecule is CCOc1ccc(N2CC(CNC(=O)c3cccc(Br)c3)CC2=O)cc1. The molecular formula is C20H21BrN2O3. The summed E-state index contributed by atoms with van der Waals surface area (Å²) >= 11 is 3.36. The Morgan fingerprint density at radius 2 is 2.04 bits per heavy atom. The van der Waals surface area contributed by atoms with Crippen LogP contribution in [0.4, 0.5) is 5.69 Å². The Morgan fingerprint density at radius 1 is 1.27 bits per heavy atom. The lowest BCUT2D eigenvalue weighted by atomic mass is 10.1. The maximum atomic E-state index is 12.3. The van der Waals surface area contributed by atoms with Crippen LogP contribution in [-0.2, 0) is 4.79 Å². The Balaban J connectivity index is 1.56. The Morgan fingerprint density at radius 3 is 2.73 bits per heavy atom. The highest BCUT2D eigenvalue weighted by molar-refractivity contribution is 9.10. The minimum absolute atomic E-state index is 0.0795. The first-order valence-corrected chi connectivity index (χ1v) is 9.43. The van der Waals surface area contributed by atoms with Gasteiger partial charge in [0.1, 0.15) is 5.75 Å². The normalized spacial score (nSPS) is 16.6. The van der Waals surface area contributed by atoms with Crippen LogP contribution in [-0.4, -0.2) is 31.5 Å². The zero-order valence-electron chi connectivity index (χ0n) is 14.6. The molecule has 0 radical (unpaired) electrons. The van der Waals surface area contributed by atoms with E-state index < -0.39 is 0 Å². The number of nitrogens with zero attached hydrogens (tertiary/aromatic N) is 1. The molecule has 1 fully saturated rings. The van der Waals surface area contributed by atoms with E-state index in [-0.39, 0.29) is 17.7 Å². The molecule has 26 heavy (non-hydrogen) atoms. The largest absolute Gasteiger partial charge is 0.494 e. The molecule has 1 unspecified atom stereocenters. The second-order valence-electron chi connectivity index (χ2n) is 6.22. The molecule has 0 aliphatic carbocycles. The Kier molecular flexibility index (Phi) is 5.93. The monoisotopic (exact) mass is 416 g/mol. The highest BCUT2D eigenvalue weighted by atomic mass is 79.9. The van der Waals surface area contributed by atoms with Crippen molar-refractivity contribution in [1.29, 1.82) is 0 Å². The van der Waals surface area contributed by atoms with Crippen LogP contribution in [0.15, 0.2) is 53.0 Å². The number of amides is 2. The first-order chi connectivity index (χ1) is 12.6. The van der Waals surface area contributed by atoms with Crippen molar-refractivity contribution in [2.24, 2.45) is 5.92 Å². The quantitative estimate of drug-likeness (QED) is 0.781. The number of rotatable bonds is 6. The van der Waals surface area contributed by atoms with Gasteiger partial charge in [0.05, 0.1) is 6.61 Å². The van der Waals surface area contributed by atoms with Crippen LogP contribution in [0.25, 0.3) is 0 Å². The highest BCUT2D eigenvalue weighted by Gasteiger charge is 2.30. The van der Waals surface area contributed by atoms with E-state index in [1.54, 1.807) is 17.0 Å².